The summed E-state index contributed by atoms with van der Waals surface area (Å²) in [6, 6.07) is 1.89. The topological polar surface area (TPSA) is 126 Å². The van der Waals surface area contributed by atoms with Crippen molar-refractivity contribution in [2.45, 2.75) is 13.8 Å². The predicted molar refractivity (Wildman–Crippen MR) is 50.1 cm³/mol. The van der Waals surface area contributed by atoms with Crippen molar-refractivity contribution in [3.05, 3.63) is 17.5 Å². The fourth-order valence-corrected chi connectivity index (χ4v) is 0.753. The smallest absolute Gasteiger partial charge is 0.368 e. The van der Waals surface area contributed by atoms with Crippen LogP contribution in [0.15, 0.2) is 6.07 Å². The third-order valence-corrected chi connectivity index (χ3v) is 1.000. The van der Waals surface area contributed by atoms with E-state index in [-0.39, 0.29) is 0 Å². The Kier molecular flexibility index (Phi) is 4.41. The third kappa shape index (κ3) is 8.84. The highest BCUT2D eigenvalue weighted by atomic mass is 32.3. The van der Waals surface area contributed by atoms with Gasteiger partial charge in [-0.05, 0) is 19.9 Å². The molecule has 0 aromatic carbocycles. The molecule has 80 valence electrons. The van der Waals surface area contributed by atoms with Gasteiger partial charge in [-0.3, -0.25) is 9.11 Å². The second kappa shape index (κ2) is 4.84. The molecule has 8 heteroatoms. The Morgan fingerprint density at radius 3 is 1.71 bits per heavy atom. The van der Waals surface area contributed by atoms with Gasteiger partial charge in [0, 0.05) is 11.4 Å². The summed E-state index contributed by atoms with van der Waals surface area (Å²) in [6.45, 7) is 3.79. The van der Waals surface area contributed by atoms with Crippen molar-refractivity contribution >= 4 is 16.3 Å². The first-order chi connectivity index (χ1) is 6.18. The number of aromatic nitrogens is 2. The van der Waals surface area contributed by atoms with Crippen LogP contribution in [0.1, 0.15) is 11.4 Å². The lowest BCUT2D eigenvalue weighted by molar-refractivity contribution is 0.381. The molecule has 0 aliphatic rings. The van der Waals surface area contributed by atoms with E-state index < -0.39 is 10.4 Å². The second-order valence-corrected chi connectivity index (χ2v) is 3.35. The first-order valence-electron chi connectivity index (χ1n) is 3.46. The molecule has 0 bridgehead atoms. The van der Waals surface area contributed by atoms with E-state index in [9.17, 15) is 0 Å². The van der Waals surface area contributed by atoms with Crippen molar-refractivity contribution in [1.82, 2.24) is 9.97 Å². The Labute approximate surface area is 81.6 Å². The van der Waals surface area contributed by atoms with E-state index >= 15 is 0 Å². The van der Waals surface area contributed by atoms with Gasteiger partial charge in [0.15, 0.2) is 0 Å². The van der Waals surface area contributed by atoms with Crippen molar-refractivity contribution in [2.75, 3.05) is 5.73 Å². The maximum atomic E-state index is 8.74. The molecule has 0 saturated carbocycles. The number of nitrogens with two attached hydrogens (primary N) is 1. The molecule has 1 aromatic rings. The van der Waals surface area contributed by atoms with Crippen LogP contribution >= 0.6 is 0 Å². The molecule has 0 spiro atoms. The minimum atomic E-state index is -4.67. The van der Waals surface area contributed by atoms with Crippen LogP contribution < -0.4 is 5.73 Å². The summed E-state index contributed by atoms with van der Waals surface area (Å²) in [4.78, 5) is 7.80. The lowest BCUT2D eigenvalue weighted by Crippen LogP contribution is -1.97. The molecule has 0 unspecified atom stereocenters. The summed E-state index contributed by atoms with van der Waals surface area (Å²) >= 11 is 0. The van der Waals surface area contributed by atoms with Crippen molar-refractivity contribution in [1.29, 1.82) is 0 Å². The molecule has 1 heterocycles. The number of hydrogen-bond acceptors (Lipinski definition) is 5. The largest absolute Gasteiger partial charge is 0.394 e. The average Bonchev–Trinajstić information content (AvgIpc) is 1.77. The zero-order valence-electron chi connectivity index (χ0n) is 7.67. The molecular weight excluding hydrogens is 210 g/mol. The standard InChI is InChI=1S/C6H9N3.H2O4S/c1-4-3-5(2)9-6(7)8-4;1-5(2,3)4/h3H,1-2H3,(H2,7,8,9);(H2,1,2,3,4). The summed E-state index contributed by atoms with van der Waals surface area (Å²) in [5.74, 6) is 0.354. The molecule has 0 atom stereocenters. The fraction of sp³-hybridized carbons (Fsp3) is 0.333. The van der Waals surface area contributed by atoms with Gasteiger partial charge in [-0.15, -0.1) is 0 Å². The Morgan fingerprint density at radius 1 is 1.21 bits per heavy atom. The number of aryl methyl sites for hydroxylation is 2. The van der Waals surface area contributed by atoms with Gasteiger partial charge in [0.05, 0.1) is 0 Å². The molecule has 1 aromatic heterocycles. The summed E-state index contributed by atoms with van der Waals surface area (Å²) in [5, 5.41) is 0. The minimum absolute atomic E-state index is 0.354. The molecule has 0 saturated heterocycles. The molecule has 4 N–H and O–H groups in total. The molecule has 0 aliphatic heterocycles. The van der Waals surface area contributed by atoms with Gasteiger partial charge in [0.2, 0.25) is 5.95 Å². The van der Waals surface area contributed by atoms with Crippen LogP contribution in [0.2, 0.25) is 0 Å². The summed E-state index contributed by atoms with van der Waals surface area (Å²) in [5.41, 5.74) is 7.17. The molecule has 14 heavy (non-hydrogen) atoms. The van der Waals surface area contributed by atoms with Crippen LogP contribution in [0.25, 0.3) is 0 Å². The number of rotatable bonds is 0. The molecule has 0 amide bonds. The van der Waals surface area contributed by atoms with Crippen LogP contribution in [0.5, 0.6) is 0 Å². The van der Waals surface area contributed by atoms with Crippen LogP contribution in [-0.4, -0.2) is 27.5 Å². The SMILES string of the molecule is Cc1cc(C)nc(N)n1.O=S(=O)(O)O. The Balaban J connectivity index is 0.000000292. The summed E-state index contributed by atoms with van der Waals surface area (Å²) < 4.78 is 31.6. The molecule has 0 aliphatic carbocycles. The van der Waals surface area contributed by atoms with Crippen molar-refractivity contribution < 1.29 is 17.5 Å². The first kappa shape index (κ1) is 12.8. The van der Waals surface area contributed by atoms with Crippen LogP contribution in [-0.2, 0) is 10.4 Å². The van der Waals surface area contributed by atoms with E-state index in [1.54, 1.807) is 0 Å². The quantitative estimate of drug-likeness (QED) is 0.527. The second-order valence-electron chi connectivity index (χ2n) is 2.46. The lowest BCUT2D eigenvalue weighted by atomic mass is 10.4. The average molecular weight is 221 g/mol. The monoisotopic (exact) mass is 221 g/mol. The van der Waals surface area contributed by atoms with Gasteiger partial charge in [-0.2, -0.15) is 8.42 Å². The van der Waals surface area contributed by atoms with Crippen LogP contribution in [0.3, 0.4) is 0 Å². The van der Waals surface area contributed by atoms with Crippen molar-refractivity contribution in [3.8, 4) is 0 Å². The van der Waals surface area contributed by atoms with Crippen molar-refractivity contribution in [2.24, 2.45) is 0 Å². The summed E-state index contributed by atoms with van der Waals surface area (Å²) in [6.07, 6.45) is 0. The Bertz CT molecular complexity index is 345. The predicted octanol–water partition coefficient (Wildman–Crippen LogP) is 0.0228. The maximum absolute atomic E-state index is 8.74. The van der Waals surface area contributed by atoms with Gasteiger partial charge in [0.1, 0.15) is 0 Å². The van der Waals surface area contributed by atoms with E-state index in [1.165, 1.54) is 0 Å². The molecular formula is C6H11N3O4S. The highest BCUT2D eigenvalue weighted by Crippen LogP contribution is 1.98. The molecule has 7 nitrogen and oxygen atoms in total. The first-order valence-corrected chi connectivity index (χ1v) is 4.86. The fourth-order valence-electron chi connectivity index (χ4n) is 0.753. The van der Waals surface area contributed by atoms with Gasteiger partial charge >= 0.3 is 10.4 Å². The molecule has 1 rings (SSSR count). The van der Waals surface area contributed by atoms with E-state index in [4.69, 9.17) is 23.3 Å². The highest BCUT2D eigenvalue weighted by Gasteiger charge is 1.90. The highest BCUT2D eigenvalue weighted by molar-refractivity contribution is 7.79. The van der Waals surface area contributed by atoms with E-state index in [0.717, 1.165) is 11.4 Å². The minimum Gasteiger partial charge on any atom is -0.368 e. The van der Waals surface area contributed by atoms with E-state index in [0.29, 0.717) is 5.95 Å². The third-order valence-electron chi connectivity index (χ3n) is 1.000. The zero-order chi connectivity index (χ0) is 11.4. The van der Waals surface area contributed by atoms with Gasteiger partial charge in [0.25, 0.3) is 0 Å². The van der Waals surface area contributed by atoms with Crippen LogP contribution in [0.4, 0.5) is 5.95 Å². The van der Waals surface area contributed by atoms with E-state index in [1.807, 2.05) is 19.9 Å². The molecule has 0 fully saturated rings. The number of hydrogen-bond donors (Lipinski definition) is 3. The number of nitrogen functional groups attached to an aromatic ring is 1. The number of anilines is 1. The Hall–Kier alpha value is -1.25. The van der Waals surface area contributed by atoms with Gasteiger partial charge in [-0.25, -0.2) is 9.97 Å². The maximum Gasteiger partial charge on any atom is 0.394 e. The molecule has 0 radical (unpaired) electrons. The van der Waals surface area contributed by atoms with Crippen molar-refractivity contribution in [3.63, 3.8) is 0 Å². The summed E-state index contributed by atoms with van der Waals surface area (Å²) in [7, 11) is -4.67. The number of nitrogens with zero attached hydrogens (tertiary/aromatic N) is 2. The van der Waals surface area contributed by atoms with Crippen LogP contribution in [0, 0.1) is 13.8 Å². The normalized spacial score (nSPS) is 10.3. The van der Waals surface area contributed by atoms with E-state index in [2.05, 4.69) is 9.97 Å². The lowest BCUT2D eigenvalue weighted by Gasteiger charge is -1.94. The Morgan fingerprint density at radius 2 is 1.50 bits per heavy atom. The zero-order valence-corrected chi connectivity index (χ0v) is 8.48. The van der Waals surface area contributed by atoms with Gasteiger partial charge in [-0.1, -0.05) is 0 Å². The van der Waals surface area contributed by atoms with Gasteiger partial charge < -0.3 is 5.73 Å².